The van der Waals surface area contributed by atoms with E-state index >= 15 is 0 Å². The number of piperidine rings is 1. The minimum Gasteiger partial charge on any atom is -0.372 e. The summed E-state index contributed by atoms with van der Waals surface area (Å²) >= 11 is 0. The van der Waals surface area contributed by atoms with E-state index in [4.69, 9.17) is 0 Å². The third-order valence-corrected chi connectivity index (χ3v) is 3.59. The minimum atomic E-state index is 0.0329. The number of amides is 1. The summed E-state index contributed by atoms with van der Waals surface area (Å²) in [5, 5.41) is 2.80. The van der Waals surface area contributed by atoms with Crippen molar-refractivity contribution in [2.45, 2.75) is 32.6 Å². The second kappa shape index (κ2) is 7.73. The van der Waals surface area contributed by atoms with Gasteiger partial charge in [0.05, 0.1) is 0 Å². The molecule has 1 amide bonds. The highest BCUT2D eigenvalue weighted by Gasteiger charge is 2.10. The SMILES string of the molecule is CC(=O)NCCC=Cc1cccc(N2CCCCC2)c1. The normalized spacial score (nSPS) is 15.6. The van der Waals surface area contributed by atoms with Crippen LogP contribution in [0.1, 0.15) is 38.2 Å². The Labute approximate surface area is 121 Å². The summed E-state index contributed by atoms with van der Waals surface area (Å²) in [5.74, 6) is 0.0329. The van der Waals surface area contributed by atoms with Crippen molar-refractivity contribution in [1.29, 1.82) is 0 Å². The van der Waals surface area contributed by atoms with Gasteiger partial charge in [-0.25, -0.2) is 0 Å². The first-order valence-electron chi connectivity index (χ1n) is 7.52. The molecule has 1 saturated heterocycles. The molecule has 1 N–H and O–H groups in total. The van der Waals surface area contributed by atoms with Gasteiger partial charge < -0.3 is 10.2 Å². The second-order valence-electron chi connectivity index (χ2n) is 5.32. The number of nitrogens with one attached hydrogen (secondary N) is 1. The third kappa shape index (κ3) is 4.72. The molecule has 0 atom stereocenters. The Morgan fingerprint density at radius 1 is 1.30 bits per heavy atom. The van der Waals surface area contributed by atoms with Gasteiger partial charge in [-0.3, -0.25) is 4.79 Å². The van der Waals surface area contributed by atoms with E-state index in [-0.39, 0.29) is 5.91 Å². The summed E-state index contributed by atoms with van der Waals surface area (Å²) in [6, 6.07) is 8.69. The molecule has 3 nitrogen and oxygen atoms in total. The van der Waals surface area contributed by atoms with Crippen LogP contribution in [0.15, 0.2) is 30.3 Å². The Kier molecular flexibility index (Phi) is 5.66. The average molecular weight is 272 g/mol. The van der Waals surface area contributed by atoms with Crippen LogP contribution in [-0.2, 0) is 4.79 Å². The number of carbonyl (C=O) groups is 1. The minimum absolute atomic E-state index is 0.0329. The molecule has 3 heteroatoms. The van der Waals surface area contributed by atoms with Crippen LogP contribution in [0.4, 0.5) is 5.69 Å². The van der Waals surface area contributed by atoms with Gasteiger partial charge in [-0.05, 0) is 43.4 Å². The van der Waals surface area contributed by atoms with Crippen LogP contribution in [0.2, 0.25) is 0 Å². The standard InChI is InChI=1S/C17H24N2O/c1-15(20)18-11-4-3-8-16-9-7-10-17(14-16)19-12-5-2-6-13-19/h3,7-10,14H,2,4-6,11-13H2,1H3,(H,18,20). The molecule has 2 rings (SSSR count). The molecular formula is C17H24N2O. The molecule has 1 aliphatic heterocycles. The molecule has 1 fully saturated rings. The van der Waals surface area contributed by atoms with Crippen LogP contribution in [0.25, 0.3) is 6.08 Å². The topological polar surface area (TPSA) is 32.3 Å². The van der Waals surface area contributed by atoms with Gasteiger partial charge >= 0.3 is 0 Å². The van der Waals surface area contributed by atoms with Crippen LogP contribution in [0.3, 0.4) is 0 Å². The fourth-order valence-corrected chi connectivity index (χ4v) is 2.53. The monoisotopic (exact) mass is 272 g/mol. The lowest BCUT2D eigenvalue weighted by atomic mass is 10.1. The van der Waals surface area contributed by atoms with Gasteiger partial charge in [-0.15, -0.1) is 0 Å². The number of anilines is 1. The van der Waals surface area contributed by atoms with Crippen molar-refractivity contribution in [2.75, 3.05) is 24.5 Å². The van der Waals surface area contributed by atoms with Crippen LogP contribution in [0, 0.1) is 0 Å². The average Bonchev–Trinajstić information content (AvgIpc) is 2.48. The summed E-state index contributed by atoms with van der Waals surface area (Å²) < 4.78 is 0. The largest absolute Gasteiger partial charge is 0.372 e. The fraction of sp³-hybridized carbons (Fsp3) is 0.471. The summed E-state index contributed by atoms with van der Waals surface area (Å²) in [6.07, 6.45) is 9.08. The number of hydrogen-bond acceptors (Lipinski definition) is 2. The van der Waals surface area contributed by atoms with Crippen molar-refractivity contribution in [1.82, 2.24) is 5.32 Å². The molecule has 0 saturated carbocycles. The molecule has 0 unspecified atom stereocenters. The first-order chi connectivity index (χ1) is 9.75. The van der Waals surface area contributed by atoms with E-state index in [9.17, 15) is 4.79 Å². The molecule has 20 heavy (non-hydrogen) atoms. The van der Waals surface area contributed by atoms with E-state index in [1.165, 1.54) is 43.6 Å². The summed E-state index contributed by atoms with van der Waals surface area (Å²) in [4.78, 5) is 13.2. The zero-order valence-electron chi connectivity index (χ0n) is 12.3. The number of carbonyl (C=O) groups excluding carboxylic acids is 1. The number of nitrogens with zero attached hydrogens (tertiary/aromatic N) is 1. The van der Waals surface area contributed by atoms with Crippen molar-refractivity contribution in [2.24, 2.45) is 0 Å². The van der Waals surface area contributed by atoms with Gasteiger partial charge in [0, 0.05) is 32.2 Å². The lowest BCUT2D eigenvalue weighted by molar-refractivity contribution is -0.118. The van der Waals surface area contributed by atoms with Gasteiger partial charge in [0.15, 0.2) is 0 Å². The maximum Gasteiger partial charge on any atom is 0.216 e. The Bertz CT molecular complexity index is 462. The van der Waals surface area contributed by atoms with Crippen molar-refractivity contribution in [3.63, 3.8) is 0 Å². The van der Waals surface area contributed by atoms with Gasteiger partial charge in [-0.2, -0.15) is 0 Å². The van der Waals surface area contributed by atoms with E-state index in [0.29, 0.717) is 6.54 Å². The van der Waals surface area contributed by atoms with Gasteiger partial charge in [-0.1, -0.05) is 24.3 Å². The maximum atomic E-state index is 10.8. The Morgan fingerprint density at radius 3 is 2.85 bits per heavy atom. The van der Waals surface area contributed by atoms with Gasteiger partial charge in [0.1, 0.15) is 0 Å². The highest BCUT2D eigenvalue weighted by molar-refractivity contribution is 5.72. The predicted octanol–water partition coefficient (Wildman–Crippen LogP) is 3.22. The molecule has 0 aliphatic carbocycles. The molecule has 1 aliphatic rings. The van der Waals surface area contributed by atoms with Crippen molar-refractivity contribution in [3.05, 3.63) is 35.9 Å². The van der Waals surface area contributed by atoms with Crippen LogP contribution in [-0.4, -0.2) is 25.5 Å². The van der Waals surface area contributed by atoms with Gasteiger partial charge in [0.2, 0.25) is 5.91 Å². The molecule has 108 valence electrons. The van der Waals surface area contributed by atoms with E-state index in [1.807, 2.05) is 0 Å². The lowest BCUT2D eigenvalue weighted by Gasteiger charge is -2.29. The smallest absolute Gasteiger partial charge is 0.216 e. The molecule has 0 aromatic heterocycles. The van der Waals surface area contributed by atoms with Crippen LogP contribution < -0.4 is 10.2 Å². The Morgan fingerprint density at radius 2 is 2.10 bits per heavy atom. The first kappa shape index (κ1) is 14.6. The predicted molar refractivity (Wildman–Crippen MR) is 84.8 cm³/mol. The maximum absolute atomic E-state index is 10.8. The number of hydrogen-bond donors (Lipinski definition) is 1. The third-order valence-electron chi connectivity index (χ3n) is 3.59. The molecule has 1 aromatic carbocycles. The van der Waals surface area contributed by atoms with Crippen LogP contribution >= 0.6 is 0 Å². The lowest BCUT2D eigenvalue weighted by Crippen LogP contribution is -2.29. The summed E-state index contributed by atoms with van der Waals surface area (Å²) in [6.45, 7) is 4.61. The van der Waals surface area contributed by atoms with E-state index in [1.54, 1.807) is 6.92 Å². The first-order valence-corrected chi connectivity index (χ1v) is 7.52. The zero-order chi connectivity index (χ0) is 14.2. The molecule has 1 aromatic rings. The molecular weight excluding hydrogens is 248 g/mol. The summed E-state index contributed by atoms with van der Waals surface area (Å²) in [5.41, 5.74) is 2.56. The highest BCUT2D eigenvalue weighted by Crippen LogP contribution is 2.21. The Hall–Kier alpha value is -1.77. The second-order valence-corrected chi connectivity index (χ2v) is 5.32. The molecule has 0 radical (unpaired) electrons. The van der Waals surface area contributed by atoms with E-state index in [2.05, 4.69) is 46.6 Å². The molecule has 0 bridgehead atoms. The summed E-state index contributed by atoms with van der Waals surface area (Å²) in [7, 11) is 0. The van der Waals surface area contributed by atoms with E-state index in [0.717, 1.165) is 6.42 Å². The van der Waals surface area contributed by atoms with Crippen LogP contribution in [0.5, 0.6) is 0 Å². The van der Waals surface area contributed by atoms with Gasteiger partial charge in [0.25, 0.3) is 0 Å². The van der Waals surface area contributed by atoms with Crippen molar-refractivity contribution >= 4 is 17.7 Å². The van der Waals surface area contributed by atoms with Crippen molar-refractivity contribution < 1.29 is 4.79 Å². The highest BCUT2D eigenvalue weighted by atomic mass is 16.1. The fourth-order valence-electron chi connectivity index (χ4n) is 2.53. The molecule has 1 heterocycles. The van der Waals surface area contributed by atoms with E-state index < -0.39 is 0 Å². The Balaban J connectivity index is 1.88. The zero-order valence-corrected chi connectivity index (χ0v) is 12.3. The quantitative estimate of drug-likeness (QED) is 0.835. The molecule has 0 spiro atoms. The number of benzene rings is 1. The van der Waals surface area contributed by atoms with Crippen molar-refractivity contribution in [3.8, 4) is 0 Å². The number of rotatable bonds is 5.